The molecule has 1 aromatic heterocycles. The Kier molecular flexibility index (Phi) is 5.65. The molecule has 0 fully saturated rings. The van der Waals surface area contributed by atoms with Crippen LogP contribution < -0.4 is 0 Å². The van der Waals surface area contributed by atoms with Crippen molar-refractivity contribution in [3.05, 3.63) is 71.8 Å². The second kappa shape index (κ2) is 8.28. The second-order valence-electron chi connectivity index (χ2n) is 6.75. The number of hydrogen-bond donors (Lipinski definition) is 2. The zero-order valence-corrected chi connectivity index (χ0v) is 18.3. The molecule has 0 saturated heterocycles. The first kappa shape index (κ1) is 21.8. The molecule has 9 nitrogen and oxygen atoms in total. The summed E-state index contributed by atoms with van der Waals surface area (Å²) in [6, 6.07) is 15.8. The van der Waals surface area contributed by atoms with Gasteiger partial charge in [-0.25, -0.2) is 0 Å². The zero-order valence-electron chi connectivity index (χ0n) is 16.6. The van der Waals surface area contributed by atoms with Gasteiger partial charge in [-0.3, -0.25) is 8.74 Å². The Morgan fingerprint density at radius 1 is 0.875 bits per heavy atom. The van der Waals surface area contributed by atoms with Gasteiger partial charge in [-0.15, -0.1) is 0 Å². The first-order valence-electron chi connectivity index (χ1n) is 9.19. The van der Waals surface area contributed by atoms with Crippen molar-refractivity contribution in [3.8, 4) is 11.1 Å². The molecule has 4 aromatic rings. The van der Waals surface area contributed by atoms with Crippen molar-refractivity contribution < 1.29 is 25.6 Å². The molecule has 4 rings (SSSR count). The summed E-state index contributed by atoms with van der Waals surface area (Å²) in [5, 5.41) is 10.7. The first-order valence-corrected chi connectivity index (χ1v) is 12.0. The van der Waals surface area contributed by atoms with Crippen LogP contribution in [0.5, 0.6) is 0 Å². The van der Waals surface area contributed by atoms with Crippen LogP contribution in [0.25, 0.3) is 34.3 Å². The highest BCUT2D eigenvalue weighted by molar-refractivity contribution is 7.87. The van der Waals surface area contributed by atoms with Crippen molar-refractivity contribution in [1.82, 2.24) is 15.4 Å². The van der Waals surface area contributed by atoms with E-state index in [0.717, 1.165) is 7.11 Å². The van der Waals surface area contributed by atoms with E-state index in [0.29, 0.717) is 33.3 Å². The third kappa shape index (κ3) is 4.32. The third-order valence-electron chi connectivity index (χ3n) is 4.76. The van der Waals surface area contributed by atoms with Crippen molar-refractivity contribution in [2.45, 2.75) is 9.79 Å². The summed E-state index contributed by atoms with van der Waals surface area (Å²) in [6.45, 7) is 0. The maximum absolute atomic E-state index is 12.7. The van der Waals surface area contributed by atoms with Crippen LogP contribution in [0.3, 0.4) is 0 Å². The molecule has 0 unspecified atom stereocenters. The molecule has 0 aliphatic rings. The summed E-state index contributed by atoms with van der Waals surface area (Å²) >= 11 is 0. The SMILES string of the molecule is COS(=O)(=O)c1cc(C=Cc2cccc(S(=O)(=O)O)c2)ccc1-c1cccc2n[nH]nc12. The summed E-state index contributed by atoms with van der Waals surface area (Å²) in [4.78, 5) is -0.289. The number of hydrogen-bond acceptors (Lipinski definition) is 7. The number of H-pyrrole nitrogens is 1. The van der Waals surface area contributed by atoms with E-state index in [9.17, 15) is 21.4 Å². The number of benzene rings is 3. The fraction of sp³-hybridized carbons (Fsp3) is 0.0476. The van der Waals surface area contributed by atoms with E-state index in [4.69, 9.17) is 4.18 Å². The molecule has 1 heterocycles. The lowest BCUT2D eigenvalue weighted by molar-refractivity contribution is 0.398. The number of nitrogens with zero attached hydrogens (tertiary/aromatic N) is 2. The van der Waals surface area contributed by atoms with Gasteiger partial charge < -0.3 is 0 Å². The average molecular weight is 472 g/mol. The lowest BCUT2D eigenvalue weighted by atomic mass is 10.0. The molecule has 0 aliphatic carbocycles. The van der Waals surface area contributed by atoms with Crippen LogP contribution in [0, 0.1) is 0 Å². The van der Waals surface area contributed by atoms with Crippen LogP contribution >= 0.6 is 0 Å². The van der Waals surface area contributed by atoms with E-state index < -0.39 is 20.2 Å². The van der Waals surface area contributed by atoms with Crippen LogP contribution in [0.1, 0.15) is 11.1 Å². The lowest BCUT2D eigenvalue weighted by Gasteiger charge is -2.11. The normalized spacial score (nSPS) is 12.6. The third-order valence-corrected chi connectivity index (χ3v) is 6.92. The quantitative estimate of drug-likeness (QED) is 0.248. The molecular weight excluding hydrogens is 454 g/mol. The Bertz CT molecular complexity index is 1560. The van der Waals surface area contributed by atoms with Crippen molar-refractivity contribution in [2.75, 3.05) is 7.11 Å². The van der Waals surface area contributed by atoms with Crippen molar-refractivity contribution >= 4 is 43.4 Å². The largest absolute Gasteiger partial charge is 0.297 e. The Morgan fingerprint density at radius 2 is 1.59 bits per heavy atom. The summed E-state index contributed by atoms with van der Waals surface area (Å²) < 4.78 is 62.0. The summed E-state index contributed by atoms with van der Waals surface area (Å²) in [5.41, 5.74) is 3.12. The van der Waals surface area contributed by atoms with Gasteiger partial charge in [0.1, 0.15) is 15.9 Å². The molecule has 0 bridgehead atoms. The van der Waals surface area contributed by atoms with Crippen LogP contribution in [0.2, 0.25) is 0 Å². The molecule has 32 heavy (non-hydrogen) atoms. The topological polar surface area (TPSA) is 139 Å². The van der Waals surface area contributed by atoms with Crippen LogP contribution in [0.4, 0.5) is 0 Å². The van der Waals surface area contributed by atoms with Crippen molar-refractivity contribution in [2.24, 2.45) is 0 Å². The fourth-order valence-electron chi connectivity index (χ4n) is 3.22. The minimum Gasteiger partial charge on any atom is -0.282 e. The highest BCUT2D eigenvalue weighted by atomic mass is 32.2. The van der Waals surface area contributed by atoms with Gasteiger partial charge in [0.05, 0.1) is 12.0 Å². The molecule has 0 spiro atoms. The fourth-order valence-corrected chi connectivity index (χ4v) is 4.66. The predicted molar refractivity (Wildman–Crippen MR) is 119 cm³/mol. The Morgan fingerprint density at radius 3 is 2.31 bits per heavy atom. The van der Waals surface area contributed by atoms with Crippen LogP contribution in [0.15, 0.2) is 70.5 Å². The highest BCUT2D eigenvalue weighted by Gasteiger charge is 2.21. The molecule has 0 radical (unpaired) electrons. The number of fused-ring (bicyclic) bond motifs is 1. The van der Waals surface area contributed by atoms with Gasteiger partial charge >= 0.3 is 0 Å². The van der Waals surface area contributed by atoms with E-state index >= 15 is 0 Å². The van der Waals surface area contributed by atoms with Crippen LogP contribution in [-0.2, 0) is 24.4 Å². The molecule has 3 aromatic carbocycles. The number of rotatable bonds is 6. The summed E-state index contributed by atoms with van der Waals surface area (Å²) in [7, 11) is -7.31. The van der Waals surface area contributed by atoms with Gasteiger partial charge in [-0.05, 0) is 35.4 Å². The highest BCUT2D eigenvalue weighted by Crippen LogP contribution is 2.33. The van der Waals surface area contributed by atoms with E-state index in [1.165, 1.54) is 24.3 Å². The smallest absolute Gasteiger partial charge is 0.282 e. The second-order valence-corrected chi connectivity index (χ2v) is 9.86. The van der Waals surface area contributed by atoms with E-state index in [-0.39, 0.29) is 9.79 Å². The molecule has 0 atom stereocenters. The maximum atomic E-state index is 12.7. The van der Waals surface area contributed by atoms with E-state index in [2.05, 4.69) is 15.4 Å². The van der Waals surface area contributed by atoms with Gasteiger partial charge in [0.25, 0.3) is 20.2 Å². The van der Waals surface area contributed by atoms with Gasteiger partial charge in [-0.2, -0.15) is 32.2 Å². The first-order chi connectivity index (χ1) is 15.2. The van der Waals surface area contributed by atoms with Gasteiger partial charge in [-0.1, -0.05) is 48.6 Å². The lowest BCUT2D eigenvalue weighted by Crippen LogP contribution is -2.05. The molecule has 11 heteroatoms. The number of para-hydroxylation sites is 1. The van der Waals surface area contributed by atoms with E-state index in [1.54, 1.807) is 48.6 Å². The minimum absolute atomic E-state index is 0.0515. The molecule has 0 saturated carbocycles. The van der Waals surface area contributed by atoms with Crippen LogP contribution in [-0.4, -0.2) is 43.9 Å². The van der Waals surface area contributed by atoms with Crippen molar-refractivity contribution in [3.63, 3.8) is 0 Å². The zero-order chi connectivity index (χ0) is 22.9. The van der Waals surface area contributed by atoms with Gasteiger partial charge in [0.2, 0.25) is 0 Å². The maximum Gasteiger partial charge on any atom is 0.297 e. The Hall–Kier alpha value is -3.38. The predicted octanol–water partition coefficient (Wildman–Crippen LogP) is 3.38. The molecular formula is C21H17N3O6S2. The Balaban J connectivity index is 1.81. The molecule has 2 N–H and O–H groups in total. The van der Waals surface area contributed by atoms with Gasteiger partial charge in [0, 0.05) is 11.1 Å². The Labute approximate surface area is 184 Å². The molecule has 0 aliphatic heterocycles. The van der Waals surface area contributed by atoms with Gasteiger partial charge in [0.15, 0.2) is 0 Å². The summed E-state index contributed by atoms with van der Waals surface area (Å²) in [6.07, 6.45) is 3.23. The average Bonchev–Trinajstić information content (AvgIpc) is 3.26. The summed E-state index contributed by atoms with van der Waals surface area (Å²) in [5.74, 6) is 0. The number of nitrogens with one attached hydrogen (secondary N) is 1. The monoisotopic (exact) mass is 471 g/mol. The standard InChI is InChI=1S/C21H17N3O6S2/c1-30-32(28,29)20-13-15(9-8-14-4-2-5-16(12-14)31(25,26)27)10-11-17(20)18-6-3-7-19-21(18)23-24-22-19/h2-13H,1H3,(H,22,23,24)(H,25,26,27). The number of aromatic amines is 1. The molecule has 0 amide bonds. The van der Waals surface area contributed by atoms with Crippen molar-refractivity contribution in [1.29, 1.82) is 0 Å². The number of aromatic nitrogens is 3. The van der Waals surface area contributed by atoms with E-state index in [1.807, 2.05) is 0 Å². The molecule has 164 valence electrons. The minimum atomic E-state index is -4.33.